The summed E-state index contributed by atoms with van der Waals surface area (Å²) in [4.78, 5) is 25.2. The molecule has 1 aromatic heterocycles. The Labute approximate surface area is 181 Å². The zero-order valence-corrected chi connectivity index (χ0v) is 18.1. The minimum Gasteiger partial charge on any atom is -0.465 e. The lowest BCUT2D eigenvalue weighted by Gasteiger charge is -2.25. The van der Waals surface area contributed by atoms with Crippen LogP contribution in [0.1, 0.15) is 45.5 Å². The van der Waals surface area contributed by atoms with Gasteiger partial charge in [0.2, 0.25) is 10.0 Å². The van der Waals surface area contributed by atoms with Crippen LogP contribution in [0.15, 0.2) is 54.7 Å². The molecule has 0 radical (unpaired) electrons. The van der Waals surface area contributed by atoms with Gasteiger partial charge in [0.25, 0.3) is 5.91 Å². The van der Waals surface area contributed by atoms with Gasteiger partial charge < -0.3 is 4.74 Å². The number of carbonyl (C=O) groups is 2. The fourth-order valence-corrected chi connectivity index (χ4v) is 5.56. The van der Waals surface area contributed by atoms with Gasteiger partial charge in [0.1, 0.15) is 0 Å². The molecule has 0 amide bonds. The van der Waals surface area contributed by atoms with Gasteiger partial charge in [-0.05, 0) is 36.6 Å². The summed E-state index contributed by atoms with van der Waals surface area (Å²) in [5.41, 5.74) is 1.95. The second kappa shape index (κ2) is 8.64. The van der Waals surface area contributed by atoms with Gasteiger partial charge in [-0.3, -0.25) is 9.36 Å². The van der Waals surface area contributed by atoms with Crippen molar-refractivity contribution in [2.45, 2.75) is 25.0 Å². The number of hydrogen-bond donors (Lipinski definition) is 0. The van der Waals surface area contributed by atoms with E-state index in [9.17, 15) is 18.0 Å². The molecule has 1 saturated heterocycles. The monoisotopic (exact) mass is 440 g/mol. The minimum absolute atomic E-state index is 0.0829. The van der Waals surface area contributed by atoms with Crippen LogP contribution in [0.3, 0.4) is 0 Å². The van der Waals surface area contributed by atoms with Crippen LogP contribution in [0.25, 0.3) is 10.9 Å². The molecule has 0 unspecified atom stereocenters. The zero-order chi connectivity index (χ0) is 22.0. The Kier molecular flexibility index (Phi) is 5.93. The first-order chi connectivity index (χ1) is 14.9. The van der Waals surface area contributed by atoms with Crippen LogP contribution in [0, 0.1) is 0 Å². The smallest absolute Gasteiger partial charge is 0.340 e. The number of sulfonamides is 1. The van der Waals surface area contributed by atoms with Crippen LogP contribution < -0.4 is 0 Å². The van der Waals surface area contributed by atoms with Crippen LogP contribution in [0.4, 0.5) is 0 Å². The molecule has 31 heavy (non-hydrogen) atoms. The molecule has 0 aliphatic carbocycles. The predicted octanol–water partition coefficient (Wildman–Crippen LogP) is 3.43. The van der Waals surface area contributed by atoms with E-state index < -0.39 is 16.0 Å². The predicted molar refractivity (Wildman–Crippen MR) is 117 cm³/mol. The summed E-state index contributed by atoms with van der Waals surface area (Å²) >= 11 is 0. The maximum Gasteiger partial charge on any atom is 0.340 e. The highest BCUT2D eigenvalue weighted by Gasteiger charge is 2.24. The van der Waals surface area contributed by atoms with Gasteiger partial charge in [0.05, 0.1) is 23.9 Å². The molecule has 2 heterocycles. The van der Waals surface area contributed by atoms with Crippen molar-refractivity contribution in [2.75, 3.05) is 20.2 Å². The number of methoxy groups -OCH3 is 1. The summed E-state index contributed by atoms with van der Waals surface area (Å²) < 4.78 is 33.1. The van der Waals surface area contributed by atoms with Crippen LogP contribution in [0.5, 0.6) is 0 Å². The maximum atomic E-state index is 13.1. The lowest BCUT2D eigenvalue weighted by atomic mass is 10.1. The number of carbonyl (C=O) groups excluding carboxylic acids is 2. The normalized spacial score (nSPS) is 15.1. The largest absolute Gasteiger partial charge is 0.465 e. The third-order valence-electron chi connectivity index (χ3n) is 5.59. The molecule has 1 fully saturated rings. The summed E-state index contributed by atoms with van der Waals surface area (Å²) in [6.07, 6.45) is 4.33. The third kappa shape index (κ3) is 4.26. The Bertz CT molecular complexity index is 1220. The van der Waals surface area contributed by atoms with Gasteiger partial charge in [-0.1, -0.05) is 36.8 Å². The van der Waals surface area contributed by atoms with Crippen molar-refractivity contribution in [1.29, 1.82) is 0 Å². The fraction of sp³-hybridized carbons (Fsp3) is 0.304. The Morgan fingerprint density at radius 2 is 1.65 bits per heavy atom. The molecule has 162 valence electrons. The van der Waals surface area contributed by atoms with E-state index in [-0.39, 0.29) is 11.7 Å². The van der Waals surface area contributed by atoms with Crippen molar-refractivity contribution < 1.29 is 22.7 Å². The van der Waals surface area contributed by atoms with Crippen molar-refractivity contribution in [3.63, 3.8) is 0 Å². The second-order valence-corrected chi connectivity index (χ2v) is 9.61. The molecule has 0 atom stereocenters. The van der Waals surface area contributed by atoms with E-state index >= 15 is 0 Å². The van der Waals surface area contributed by atoms with Crippen molar-refractivity contribution in [1.82, 2.24) is 8.87 Å². The number of para-hydroxylation sites is 1. The summed E-state index contributed by atoms with van der Waals surface area (Å²) in [7, 11) is -2.07. The molecule has 0 N–H and O–H groups in total. The van der Waals surface area contributed by atoms with Gasteiger partial charge in [-0.25, -0.2) is 17.5 Å². The highest BCUT2D eigenvalue weighted by Crippen LogP contribution is 2.24. The molecule has 2 aromatic carbocycles. The first-order valence-electron chi connectivity index (χ1n) is 10.2. The van der Waals surface area contributed by atoms with E-state index in [0.717, 1.165) is 19.3 Å². The van der Waals surface area contributed by atoms with Gasteiger partial charge in [-0.15, -0.1) is 0 Å². The highest BCUT2D eigenvalue weighted by atomic mass is 32.2. The summed E-state index contributed by atoms with van der Waals surface area (Å²) in [5.74, 6) is -0.904. The highest BCUT2D eigenvalue weighted by molar-refractivity contribution is 7.88. The molecule has 0 bridgehead atoms. The molecular formula is C23H24N2O5S. The van der Waals surface area contributed by atoms with E-state index in [2.05, 4.69) is 0 Å². The number of aromatic nitrogens is 1. The fourth-order valence-electron chi connectivity index (χ4n) is 3.95. The van der Waals surface area contributed by atoms with Crippen LogP contribution in [-0.4, -0.2) is 49.4 Å². The summed E-state index contributed by atoms with van der Waals surface area (Å²) in [6, 6.07) is 13.7. The van der Waals surface area contributed by atoms with Crippen molar-refractivity contribution in [3.8, 4) is 0 Å². The number of fused-ring (bicyclic) bond motifs is 1. The molecule has 1 aliphatic heterocycles. The number of nitrogens with zero attached hydrogens (tertiary/aromatic N) is 2. The maximum absolute atomic E-state index is 13.1. The zero-order valence-electron chi connectivity index (χ0n) is 17.3. The van der Waals surface area contributed by atoms with E-state index in [4.69, 9.17) is 4.74 Å². The van der Waals surface area contributed by atoms with E-state index in [1.807, 2.05) is 0 Å². The number of hydrogen-bond acceptors (Lipinski definition) is 5. The first kappa shape index (κ1) is 21.3. The number of ether oxygens (including phenoxy) is 1. The van der Waals surface area contributed by atoms with Crippen molar-refractivity contribution in [2.24, 2.45) is 0 Å². The van der Waals surface area contributed by atoms with Gasteiger partial charge >= 0.3 is 5.97 Å². The summed E-state index contributed by atoms with van der Waals surface area (Å²) in [5, 5.41) is 0.631. The lowest BCUT2D eigenvalue weighted by molar-refractivity contribution is 0.0603. The Hall–Kier alpha value is -2.97. The summed E-state index contributed by atoms with van der Waals surface area (Å²) in [6.45, 7) is 1.14. The molecule has 0 saturated carbocycles. The molecule has 0 spiro atoms. The lowest BCUT2D eigenvalue weighted by Crippen LogP contribution is -2.36. The molecule has 4 rings (SSSR count). The molecule has 1 aliphatic rings. The first-order valence-corrected chi connectivity index (χ1v) is 11.8. The van der Waals surface area contributed by atoms with Crippen LogP contribution in [-0.2, 0) is 20.5 Å². The van der Waals surface area contributed by atoms with Crippen LogP contribution >= 0.6 is 0 Å². The average Bonchev–Trinajstić information content (AvgIpc) is 3.19. The van der Waals surface area contributed by atoms with Crippen molar-refractivity contribution >= 4 is 32.8 Å². The third-order valence-corrected chi connectivity index (χ3v) is 7.44. The minimum atomic E-state index is -3.37. The molecule has 7 nitrogen and oxygen atoms in total. The topological polar surface area (TPSA) is 85.7 Å². The van der Waals surface area contributed by atoms with Gasteiger partial charge in [-0.2, -0.15) is 0 Å². The van der Waals surface area contributed by atoms with Crippen molar-refractivity contribution in [3.05, 3.63) is 71.4 Å². The molecular weight excluding hydrogens is 416 g/mol. The van der Waals surface area contributed by atoms with E-state index in [0.29, 0.717) is 40.7 Å². The Morgan fingerprint density at radius 3 is 2.32 bits per heavy atom. The Morgan fingerprint density at radius 1 is 0.968 bits per heavy atom. The quantitative estimate of drug-likeness (QED) is 0.568. The average molecular weight is 441 g/mol. The van der Waals surface area contributed by atoms with Gasteiger partial charge in [0, 0.05) is 30.2 Å². The van der Waals surface area contributed by atoms with Crippen LogP contribution in [0.2, 0.25) is 0 Å². The van der Waals surface area contributed by atoms with E-state index in [1.54, 1.807) is 52.8 Å². The molecule has 3 aromatic rings. The Balaban J connectivity index is 1.59. The number of rotatable bonds is 5. The van der Waals surface area contributed by atoms with Gasteiger partial charge in [0.15, 0.2) is 0 Å². The SMILES string of the molecule is COC(=O)c1cn(C(=O)c2ccc(CS(=O)(=O)N3CCCCC3)cc2)c2ccccc12. The number of piperidine rings is 1. The second-order valence-electron chi connectivity index (χ2n) is 7.64. The van der Waals surface area contributed by atoms with E-state index in [1.165, 1.54) is 17.9 Å². The number of esters is 1. The molecule has 8 heteroatoms. The standard InChI is InChI=1S/C23H24N2O5S/c1-30-23(27)20-15-25(21-8-4-3-7-19(20)21)22(26)18-11-9-17(10-12-18)16-31(28,29)24-13-5-2-6-14-24/h3-4,7-12,15H,2,5-6,13-14,16H2,1H3. The number of benzene rings is 2.